The summed E-state index contributed by atoms with van der Waals surface area (Å²) in [5.74, 6) is 1.02. The minimum absolute atomic E-state index is 0.0136. The van der Waals surface area contributed by atoms with Crippen LogP contribution in [0, 0.1) is 0 Å². The van der Waals surface area contributed by atoms with E-state index in [1.807, 2.05) is 6.07 Å². The zero-order chi connectivity index (χ0) is 19.1. The molecule has 2 aliphatic rings. The van der Waals surface area contributed by atoms with Crippen LogP contribution in [-0.4, -0.2) is 44.5 Å². The summed E-state index contributed by atoms with van der Waals surface area (Å²) in [7, 11) is 0. The first-order valence-corrected chi connectivity index (χ1v) is 8.95. The molecule has 2 heterocycles. The minimum atomic E-state index is -4.36. The third-order valence-corrected chi connectivity index (χ3v) is 5.03. The maximum atomic E-state index is 13.0. The maximum Gasteiger partial charge on any atom is 0.406 e. The highest BCUT2D eigenvalue weighted by molar-refractivity contribution is 5.57. The van der Waals surface area contributed by atoms with Crippen LogP contribution in [0.15, 0.2) is 24.4 Å². The standard InChI is InChI=1S/C18H20F3N5O/c19-18(20,21)17(7-8-17)26-14(27)10-23-15-11-4-3-6-12(11)24-16(25-15)13-5-1-2-9-22-13/h1-2,5,9,14,26-27H,3-4,6-8,10H2,(H,23,24,25). The van der Waals surface area contributed by atoms with Crippen molar-refractivity contribution in [2.24, 2.45) is 0 Å². The van der Waals surface area contributed by atoms with Crippen molar-refractivity contribution < 1.29 is 18.3 Å². The molecule has 0 spiro atoms. The van der Waals surface area contributed by atoms with Gasteiger partial charge in [-0.15, -0.1) is 0 Å². The number of hydrogen-bond acceptors (Lipinski definition) is 6. The Morgan fingerprint density at radius 3 is 2.67 bits per heavy atom. The van der Waals surface area contributed by atoms with Crippen LogP contribution in [0.5, 0.6) is 0 Å². The van der Waals surface area contributed by atoms with Gasteiger partial charge in [0.1, 0.15) is 23.3 Å². The fourth-order valence-corrected chi connectivity index (χ4v) is 3.39. The lowest BCUT2D eigenvalue weighted by atomic mass is 10.2. The van der Waals surface area contributed by atoms with Gasteiger partial charge in [0.25, 0.3) is 0 Å². The molecule has 1 unspecified atom stereocenters. The van der Waals surface area contributed by atoms with E-state index in [0.717, 1.165) is 30.5 Å². The molecule has 6 nitrogen and oxygen atoms in total. The second-order valence-corrected chi connectivity index (χ2v) is 7.01. The van der Waals surface area contributed by atoms with Crippen molar-refractivity contribution in [3.63, 3.8) is 0 Å². The van der Waals surface area contributed by atoms with Crippen LogP contribution < -0.4 is 10.6 Å². The molecule has 2 aromatic heterocycles. The van der Waals surface area contributed by atoms with E-state index in [1.54, 1.807) is 18.3 Å². The third-order valence-electron chi connectivity index (χ3n) is 5.03. The molecule has 1 atom stereocenters. The van der Waals surface area contributed by atoms with Gasteiger partial charge in [-0.25, -0.2) is 9.97 Å². The van der Waals surface area contributed by atoms with Crippen LogP contribution in [0.4, 0.5) is 19.0 Å². The summed E-state index contributed by atoms with van der Waals surface area (Å²) in [6.45, 7) is -0.0804. The van der Waals surface area contributed by atoms with Gasteiger partial charge < -0.3 is 10.4 Å². The number of aromatic nitrogens is 3. The Morgan fingerprint density at radius 2 is 2.00 bits per heavy atom. The van der Waals surface area contributed by atoms with Crippen molar-refractivity contribution in [3.05, 3.63) is 35.7 Å². The summed E-state index contributed by atoms with van der Waals surface area (Å²) in [5.41, 5.74) is 0.548. The van der Waals surface area contributed by atoms with Gasteiger partial charge in [0.2, 0.25) is 0 Å². The van der Waals surface area contributed by atoms with Gasteiger partial charge in [0.05, 0.1) is 6.54 Å². The van der Waals surface area contributed by atoms with Gasteiger partial charge in [-0.2, -0.15) is 13.2 Å². The van der Waals surface area contributed by atoms with E-state index in [1.165, 1.54) is 0 Å². The highest BCUT2D eigenvalue weighted by Crippen LogP contribution is 2.49. The van der Waals surface area contributed by atoms with E-state index in [4.69, 9.17) is 0 Å². The number of pyridine rings is 1. The van der Waals surface area contributed by atoms with Crippen molar-refractivity contribution in [2.45, 2.75) is 50.0 Å². The van der Waals surface area contributed by atoms with Crippen molar-refractivity contribution in [3.8, 4) is 11.5 Å². The Morgan fingerprint density at radius 1 is 1.19 bits per heavy atom. The topological polar surface area (TPSA) is 83.0 Å². The number of nitrogens with one attached hydrogen (secondary N) is 2. The Balaban J connectivity index is 1.50. The molecule has 0 bridgehead atoms. The van der Waals surface area contributed by atoms with Gasteiger partial charge in [0, 0.05) is 17.5 Å². The van der Waals surface area contributed by atoms with Crippen LogP contribution in [0.25, 0.3) is 11.5 Å². The molecule has 1 fully saturated rings. The average Bonchev–Trinajstić information content (AvgIpc) is 3.28. The monoisotopic (exact) mass is 379 g/mol. The van der Waals surface area contributed by atoms with Crippen LogP contribution in [0.1, 0.15) is 30.5 Å². The summed E-state index contributed by atoms with van der Waals surface area (Å²) in [4.78, 5) is 13.3. The van der Waals surface area contributed by atoms with Crippen molar-refractivity contribution in [1.82, 2.24) is 20.3 Å². The predicted molar refractivity (Wildman–Crippen MR) is 92.9 cm³/mol. The van der Waals surface area contributed by atoms with Gasteiger partial charge in [0.15, 0.2) is 5.82 Å². The van der Waals surface area contributed by atoms with E-state index in [-0.39, 0.29) is 19.4 Å². The predicted octanol–water partition coefficient (Wildman–Crippen LogP) is 2.44. The zero-order valence-corrected chi connectivity index (χ0v) is 14.6. The molecule has 1 saturated carbocycles. The van der Waals surface area contributed by atoms with E-state index < -0.39 is 17.9 Å². The molecule has 0 saturated heterocycles. The third kappa shape index (κ3) is 3.61. The number of rotatable bonds is 6. The first-order valence-electron chi connectivity index (χ1n) is 8.95. The Labute approximate surface area is 154 Å². The first-order chi connectivity index (χ1) is 12.9. The van der Waals surface area contributed by atoms with Gasteiger partial charge in [-0.3, -0.25) is 10.3 Å². The van der Waals surface area contributed by atoms with Gasteiger partial charge in [-0.1, -0.05) is 6.07 Å². The van der Waals surface area contributed by atoms with Crippen molar-refractivity contribution >= 4 is 5.82 Å². The summed E-state index contributed by atoms with van der Waals surface area (Å²) in [6, 6.07) is 5.44. The van der Waals surface area contributed by atoms with Crippen molar-refractivity contribution in [1.29, 1.82) is 0 Å². The number of halogens is 3. The number of hydrogen-bond donors (Lipinski definition) is 3. The van der Waals surface area contributed by atoms with E-state index in [0.29, 0.717) is 17.3 Å². The molecule has 4 rings (SSSR count). The molecular weight excluding hydrogens is 359 g/mol. The summed E-state index contributed by atoms with van der Waals surface area (Å²) >= 11 is 0. The van der Waals surface area contributed by atoms with Crippen LogP contribution >= 0.6 is 0 Å². The smallest absolute Gasteiger partial charge is 0.377 e. The minimum Gasteiger partial charge on any atom is -0.377 e. The lowest BCUT2D eigenvalue weighted by Crippen LogP contribution is -2.51. The van der Waals surface area contributed by atoms with Crippen LogP contribution in [0.2, 0.25) is 0 Å². The molecule has 9 heteroatoms. The fraction of sp³-hybridized carbons (Fsp3) is 0.500. The number of fused-ring (bicyclic) bond motifs is 1. The average molecular weight is 379 g/mol. The highest BCUT2D eigenvalue weighted by atomic mass is 19.4. The van der Waals surface area contributed by atoms with E-state index in [9.17, 15) is 18.3 Å². The zero-order valence-electron chi connectivity index (χ0n) is 14.6. The number of alkyl halides is 3. The van der Waals surface area contributed by atoms with Crippen LogP contribution in [-0.2, 0) is 12.8 Å². The first kappa shape index (κ1) is 18.1. The second-order valence-electron chi connectivity index (χ2n) is 7.01. The molecule has 0 aromatic carbocycles. The van der Waals surface area contributed by atoms with Gasteiger partial charge in [-0.05, 0) is 44.2 Å². The lowest BCUT2D eigenvalue weighted by Gasteiger charge is -2.25. The number of aryl methyl sites for hydroxylation is 1. The number of aliphatic hydroxyl groups excluding tert-OH is 1. The SMILES string of the molecule is OC(CNc1nc(-c2ccccn2)nc2c1CCC2)NC1(C(F)(F)F)CC1. The molecule has 27 heavy (non-hydrogen) atoms. The van der Waals surface area contributed by atoms with E-state index >= 15 is 0 Å². The molecule has 3 N–H and O–H groups in total. The van der Waals surface area contributed by atoms with Crippen molar-refractivity contribution in [2.75, 3.05) is 11.9 Å². The molecule has 0 aliphatic heterocycles. The Kier molecular flexibility index (Phi) is 4.51. The highest BCUT2D eigenvalue weighted by Gasteiger charge is 2.63. The quantitative estimate of drug-likeness (QED) is 0.669. The number of anilines is 1. The summed E-state index contributed by atoms with van der Waals surface area (Å²) < 4.78 is 39.1. The second kappa shape index (κ2) is 6.72. The van der Waals surface area contributed by atoms with E-state index in [2.05, 4.69) is 25.6 Å². The normalized spacial score (nSPS) is 18.8. The number of aliphatic hydroxyl groups is 1. The van der Waals surface area contributed by atoms with Gasteiger partial charge >= 0.3 is 6.18 Å². The lowest BCUT2D eigenvalue weighted by molar-refractivity contribution is -0.173. The molecule has 2 aliphatic carbocycles. The number of nitrogens with zero attached hydrogens (tertiary/aromatic N) is 3. The molecule has 144 valence electrons. The largest absolute Gasteiger partial charge is 0.406 e. The summed E-state index contributed by atoms with van der Waals surface area (Å²) in [6.07, 6.45) is -1.50. The molecule has 2 aromatic rings. The Hall–Kier alpha value is -2.26. The summed E-state index contributed by atoms with van der Waals surface area (Å²) in [5, 5.41) is 15.4. The fourth-order valence-electron chi connectivity index (χ4n) is 3.39. The molecule has 0 amide bonds. The molecular formula is C18H20F3N5O. The Bertz CT molecular complexity index is 824. The maximum absolute atomic E-state index is 13.0. The van der Waals surface area contributed by atoms with Crippen LogP contribution in [0.3, 0.4) is 0 Å². The molecule has 0 radical (unpaired) electrons.